The number of methoxy groups -OCH3 is 1. The molecule has 0 unspecified atom stereocenters. The molecule has 1 N–H and O–H groups in total. The van der Waals surface area contributed by atoms with E-state index in [1.807, 2.05) is 0 Å². The maximum atomic E-state index is 12.5. The second-order valence-electron chi connectivity index (χ2n) is 7.24. The first kappa shape index (κ1) is 24.8. The summed E-state index contributed by atoms with van der Waals surface area (Å²) >= 11 is 7.07. The smallest absolute Gasteiger partial charge is 0.283 e. The Hall–Kier alpha value is -3.35. The van der Waals surface area contributed by atoms with Crippen LogP contribution >= 0.6 is 23.5 Å². The highest BCUT2D eigenvalue weighted by Gasteiger charge is 2.41. The second-order valence-corrected chi connectivity index (χ2v) is 10.3. The minimum atomic E-state index is -3.72. The van der Waals surface area contributed by atoms with Crippen LogP contribution in [0, 0.1) is 5.41 Å². The van der Waals surface area contributed by atoms with Crippen LogP contribution < -0.4 is 14.2 Å². The quantitative estimate of drug-likeness (QED) is 0.325. The lowest BCUT2D eigenvalue weighted by atomic mass is 10.1. The number of nitrogens with zero attached hydrogens (tertiary/aromatic N) is 3. The molecule has 0 aliphatic carbocycles. The lowest BCUT2D eigenvalue weighted by molar-refractivity contribution is -0.114. The van der Waals surface area contributed by atoms with E-state index in [1.165, 1.54) is 6.08 Å². The number of hydrogen-bond donors (Lipinski definition) is 1. The summed E-state index contributed by atoms with van der Waals surface area (Å²) in [5, 5.41) is 8.35. The Morgan fingerprint density at radius 1 is 1.11 bits per heavy atom. The molecule has 182 valence electrons. The van der Waals surface area contributed by atoms with Gasteiger partial charge in [0.2, 0.25) is 20.2 Å². The summed E-state index contributed by atoms with van der Waals surface area (Å²) in [4.78, 5) is 17.4. The Balaban J connectivity index is 1.42. The lowest BCUT2D eigenvalue weighted by Crippen LogP contribution is -2.45. The summed E-state index contributed by atoms with van der Waals surface area (Å²) < 4.78 is 44.2. The van der Waals surface area contributed by atoms with Crippen molar-refractivity contribution in [3.8, 4) is 17.2 Å². The largest absolute Gasteiger partial charge is 0.497 e. The first-order valence-electron chi connectivity index (χ1n) is 10.1. The van der Waals surface area contributed by atoms with Gasteiger partial charge < -0.3 is 14.2 Å². The monoisotopic (exact) mass is 534 g/mol. The van der Waals surface area contributed by atoms with Crippen LogP contribution in [-0.2, 0) is 14.6 Å². The maximum absolute atomic E-state index is 12.5. The molecule has 2 aromatic rings. The zero-order valence-electron chi connectivity index (χ0n) is 18.5. The Morgan fingerprint density at radius 2 is 1.80 bits per heavy atom. The Kier molecular flexibility index (Phi) is 7.15. The van der Waals surface area contributed by atoms with Gasteiger partial charge in [-0.2, -0.15) is 9.39 Å². The molecule has 0 atom stereocenters. The van der Waals surface area contributed by atoms with Gasteiger partial charge in [-0.15, -0.1) is 0 Å². The van der Waals surface area contributed by atoms with E-state index in [0.717, 1.165) is 28.9 Å². The molecule has 0 bridgehead atoms. The minimum absolute atomic E-state index is 0.0243. The number of ether oxygens (including phenoxy) is 3. The Bertz CT molecular complexity index is 1390. The molecule has 2 heterocycles. The van der Waals surface area contributed by atoms with Crippen LogP contribution in [0.2, 0.25) is 5.02 Å². The van der Waals surface area contributed by atoms with Crippen LogP contribution in [0.3, 0.4) is 0 Å². The number of fused-ring (bicyclic) bond motifs is 1. The molecule has 2 aromatic carbocycles. The molecule has 35 heavy (non-hydrogen) atoms. The number of amidine groups is 3. The minimum Gasteiger partial charge on any atom is -0.497 e. The highest BCUT2D eigenvalue weighted by molar-refractivity contribution is 8.16. The van der Waals surface area contributed by atoms with Gasteiger partial charge >= 0.3 is 0 Å². The molecule has 13 heteroatoms. The molecule has 2 aliphatic rings. The molecule has 10 nitrogen and oxygen atoms in total. The molecule has 0 saturated heterocycles. The lowest BCUT2D eigenvalue weighted by Gasteiger charge is -2.23. The molecule has 0 saturated carbocycles. The zero-order valence-corrected chi connectivity index (χ0v) is 20.9. The van der Waals surface area contributed by atoms with E-state index >= 15 is 0 Å². The van der Waals surface area contributed by atoms with Crippen LogP contribution in [0.25, 0.3) is 6.08 Å². The van der Waals surface area contributed by atoms with Crippen molar-refractivity contribution in [2.75, 3.05) is 26.6 Å². The van der Waals surface area contributed by atoms with E-state index < -0.39 is 15.7 Å². The fourth-order valence-corrected chi connectivity index (χ4v) is 5.20. The summed E-state index contributed by atoms with van der Waals surface area (Å²) in [6.07, 6.45) is 2.39. The summed E-state index contributed by atoms with van der Waals surface area (Å²) in [5.41, 5.74) is 0.415. The molecule has 2 aliphatic heterocycles. The van der Waals surface area contributed by atoms with E-state index in [-0.39, 0.29) is 33.4 Å². The standard InChI is InChI=1S/C22H19ClN4O6S2/c1-31-14-4-6-15(7-5-14)32-9-10-33-18-8-3-13(12-17(18)23)11-16-19(24)27-21(25-20(16)28)34-26-22(27)35(2,29)30/h3-8,11-12,24H,9-10H2,1-2H3. The van der Waals surface area contributed by atoms with Gasteiger partial charge in [0.05, 0.1) is 29.7 Å². The number of nitrogens with one attached hydrogen (secondary N) is 1. The molecule has 0 spiro atoms. The van der Waals surface area contributed by atoms with Crippen molar-refractivity contribution >= 4 is 61.5 Å². The number of aliphatic imine (C=N–C) groups is 1. The van der Waals surface area contributed by atoms with E-state index in [4.69, 9.17) is 31.2 Å². The molecular formula is C22H19ClN4O6S2. The van der Waals surface area contributed by atoms with Crippen LogP contribution in [0.4, 0.5) is 0 Å². The number of amides is 1. The molecule has 0 radical (unpaired) electrons. The van der Waals surface area contributed by atoms with Crippen LogP contribution in [0.15, 0.2) is 57.4 Å². The first-order valence-corrected chi connectivity index (χ1v) is 13.1. The van der Waals surface area contributed by atoms with Crippen LogP contribution in [0.5, 0.6) is 17.2 Å². The molecule has 0 fully saturated rings. The number of carbonyl (C=O) groups excluding carboxylic acids is 1. The van der Waals surface area contributed by atoms with Crippen molar-refractivity contribution in [3.63, 3.8) is 0 Å². The van der Waals surface area contributed by atoms with Gasteiger partial charge in [-0.3, -0.25) is 10.2 Å². The highest BCUT2D eigenvalue weighted by atomic mass is 35.5. The molecule has 4 rings (SSSR count). The average molecular weight is 535 g/mol. The average Bonchev–Trinajstić information content (AvgIpc) is 3.25. The fraction of sp³-hybridized carbons (Fsp3) is 0.182. The Labute approximate surface area is 210 Å². The zero-order chi connectivity index (χ0) is 25.2. The summed E-state index contributed by atoms with van der Waals surface area (Å²) in [5.74, 6) is 0.816. The Morgan fingerprint density at radius 3 is 2.46 bits per heavy atom. The van der Waals surface area contributed by atoms with Crippen LogP contribution in [0.1, 0.15) is 5.56 Å². The summed E-state index contributed by atoms with van der Waals surface area (Å²) in [6.45, 7) is 0.533. The first-order chi connectivity index (χ1) is 16.7. The third-order valence-electron chi connectivity index (χ3n) is 4.76. The van der Waals surface area contributed by atoms with Crippen LogP contribution in [-0.4, -0.2) is 62.0 Å². The van der Waals surface area contributed by atoms with Crippen molar-refractivity contribution < 1.29 is 27.4 Å². The fourth-order valence-electron chi connectivity index (χ4n) is 3.11. The van der Waals surface area contributed by atoms with Gasteiger partial charge in [-0.25, -0.2) is 13.3 Å². The van der Waals surface area contributed by atoms with Gasteiger partial charge in [0.25, 0.3) is 5.91 Å². The maximum Gasteiger partial charge on any atom is 0.283 e. The van der Waals surface area contributed by atoms with Crippen molar-refractivity contribution in [2.45, 2.75) is 0 Å². The summed E-state index contributed by atoms with van der Waals surface area (Å²) in [7, 11) is -2.13. The predicted octanol–water partition coefficient (Wildman–Crippen LogP) is 3.43. The third-order valence-corrected chi connectivity index (χ3v) is 6.81. The molecular weight excluding hydrogens is 516 g/mol. The number of rotatable bonds is 7. The highest BCUT2D eigenvalue weighted by Crippen LogP contribution is 2.31. The van der Waals surface area contributed by atoms with Gasteiger partial charge in [0.1, 0.15) is 36.3 Å². The summed E-state index contributed by atoms with van der Waals surface area (Å²) in [6, 6.07) is 12.0. The molecule has 1 amide bonds. The number of sulfone groups is 1. The molecule has 0 aromatic heterocycles. The van der Waals surface area contributed by atoms with Crippen molar-refractivity contribution in [1.29, 1.82) is 5.41 Å². The van der Waals surface area contributed by atoms with Gasteiger partial charge in [-0.1, -0.05) is 17.7 Å². The predicted molar refractivity (Wildman–Crippen MR) is 135 cm³/mol. The second kappa shape index (κ2) is 10.1. The van der Waals surface area contributed by atoms with Crippen molar-refractivity contribution in [2.24, 2.45) is 9.39 Å². The van der Waals surface area contributed by atoms with E-state index in [9.17, 15) is 13.2 Å². The van der Waals surface area contributed by atoms with E-state index in [2.05, 4.69) is 9.39 Å². The SMILES string of the molecule is COc1ccc(OCCOc2ccc(C=C3C(=N)N4C(=NC3=O)SN=C4S(C)(=O)=O)cc2Cl)cc1. The van der Waals surface area contributed by atoms with Gasteiger partial charge in [0.15, 0.2) is 0 Å². The van der Waals surface area contributed by atoms with Gasteiger partial charge in [0, 0.05) is 6.26 Å². The number of carbonyl (C=O) groups is 1. The van der Waals surface area contributed by atoms with Crippen molar-refractivity contribution in [3.05, 3.63) is 58.6 Å². The topological polar surface area (TPSA) is 131 Å². The number of benzene rings is 2. The number of halogens is 1. The van der Waals surface area contributed by atoms with Crippen molar-refractivity contribution in [1.82, 2.24) is 4.90 Å². The normalized spacial score (nSPS) is 16.7. The van der Waals surface area contributed by atoms with Gasteiger partial charge in [-0.05, 0) is 48.0 Å². The van der Waals surface area contributed by atoms with E-state index in [1.54, 1.807) is 49.6 Å². The van der Waals surface area contributed by atoms with E-state index in [0.29, 0.717) is 23.7 Å². The number of hydrogen-bond acceptors (Lipinski definition) is 9. The third kappa shape index (κ3) is 5.50.